The molecule has 130 valence electrons. The number of hydrogen-bond acceptors (Lipinski definition) is 3. The van der Waals surface area contributed by atoms with Crippen molar-refractivity contribution in [1.82, 2.24) is 15.5 Å². The van der Waals surface area contributed by atoms with Gasteiger partial charge >= 0.3 is 6.03 Å². The molecule has 0 saturated carbocycles. The van der Waals surface area contributed by atoms with Crippen molar-refractivity contribution >= 4 is 11.7 Å². The monoisotopic (exact) mass is 330 g/mol. The first-order valence-electron chi connectivity index (χ1n) is 8.09. The number of urea groups is 1. The average molecular weight is 330 g/mol. The van der Waals surface area contributed by atoms with E-state index in [2.05, 4.69) is 20.8 Å². The zero-order chi connectivity index (χ0) is 17.7. The number of aromatic amines is 1. The molecule has 0 fully saturated rings. The summed E-state index contributed by atoms with van der Waals surface area (Å²) in [5.41, 5.74) is 2.25. The molecule has 0 saturated heterocycles. The van der Waals surface area contributed by atoms with Crippen LogP contribution in [0.4, 0.5) is 10.5 Å². The van der Waals surface area contributed by atoms with E-state index in [9.17, 15) is 4.79 Å². The van der Waals surface area contributed by atoms with Gasteiger partial charge < -0.3 is 15.4 Å². The van der Waals surface area contributed by atoms with E-state index in [0.29, 0.717) is 17.9 Å². The van der Waals surface area contributed by atoms with Crippen molar-refractivity contribution < 1.29 is 9.53 Å². The van der Waals surface area contributed by atoms with Crippen molar-refractivity contribution in [3.63, 3.8) is 0 Å². The van der Waals surface area contributed by atoms with E-state index < -0.39 is 0 Å². The Morgan fingerprint density at radius 2 is 2.04 bits per heavy atom. The van der Waals surface area contributed by atoms with Crippen LogP contribution in [-0.2, 0) is 6.42 Å². The van der Waals surface area contributed by atoms with Crippen LogP contribution in [0.25, 0.3) is 0 Å². The lowest BCUT2D eigenvalue weighted by atomic mass is 10.2. The summed E-state index contributed by atoms with van der Waals surface area (Å²) < 4.78 is 5.88. The molecule has 0 unspecified atom stereocenters. The molecule has 1 atom stereocenters. The molecule has 6 nitrogen and oxygen atoms in total. The van der Waals surface area contributed by atoms with Crippen molar-refractivity contribution in [3.05, 3.63) is 41.7 Å². The lowest BCUT2D eigenvalue weighted by molar-refractivity contribution is 0.132. The van der Waals surface area contributed by atoms with Gasteiger partial charge in [0.15, 0.2) is 0 Å². The highest BCUT2D eigenvalue weighted by Crippen LogP contribution is 2.27. The third-order valence-corrected chi connectivity index (χ3v) is 3.20. The second kappa shape index (κ2) is 7.38. The minimum Gasteiger partial charge on any atom is -0.486 e. The Kier molecular flexibility index (Phi) is 5.49. The smallest absolute Gasteiger partial charge is 0.319 e. The van der Waals surface area contributed by atoms with E-state index >= 15 is 0 Å². The lowest BCUT2D eigenvalue weighted by Crippen LogP contribution is -2.37. The highest BCUT2D eigenvalue weighted by Gasteiger charge is 2.16. The fourth-order valence-corrected chi connectivity index (χ4v) is 2.31. The zero-order valence-corrected chi connectivity index (χ0v) is 14.9. The third kappa shape index (κ3) is 5.61. The van der Waals surface area contributed by atoms with Gasteiger partial charge in [0, 0.05) is 18.2 Å². The maximum Gasteiger partial charge on any atom is 0.319 e. The Labute approximate surface area is 143 Å². The quantitative estimate of drug-likeness (QED) is 0.783. The Balaban J connectivity index is 1.94. The van der Waals surface area contributed by atoms with Crippen LogP contribution in [0.2, 0.25) is 0 Å². The average Bonchev–Trinajstić information content (AvgIpc) is 2.84. The van der Waals surface area contributed by atoms with Crippen LogP contribution in [0.1, 0.15) is 39.1 Å². The number of benzene rings is 1. The van der Waals surface area contributed by atoms with Crippen molar-refractivity contribution in [2.45, 2.75) is 52.7 Å². The number of anilines is 1. The van der Waals surface area contributed by atoms with Crippen molar-refractivity contribution in [2.24, 2.45) is 0 Å². The molecule has 2 aromatic rings. The predicted octanol–water partition coefficient (Wildman–Crippen LogP) is 3.65. The second-order valence-electron chi connectivity index (χ2n) is 6.96. The van der Waals surface area contributed by atoms with Crippen LogP contribution in [0.5, 0.6) is 5.75 Å². The Morgan fingerprint density at radius 1 is 1.33 bits per heavy atom. The molecule has 2 rings (SSSR count). The number of nitrogens with zero attached hydrogens (tertiary/aromatic N) is 1. The summed E-state index contributed by atoms with van der Waals surface area (Å²) in [6.45, 7) is 9.81. The molecule has 6 heteroatoms. The molecule has 1 aromatic heterocycles. The van der Waals surface area contributed by atoms with Crippen LogP contribution < -0.4 is 15.4 Å². The van der Waals surface area contributed by atoms with Gasteiger partial charge in [0.2, 0.25) is 0 Å². The first kappa shape index (κ1) is 17.8. The first-order valence-corrected chi connectivity index (χ1v) is 8.09. The number of carbonyl (C=O) groups excluding carboxylic acids is 1. The van der Waals surface area contributed by atoms with E-state index in [0.717, 1.165) is 11.4 Å². The predicted molar refractivity (Wildman–Crippen MR) is 95.5 cm³/mol. The number of rotatable bonds is 5. The van der Waals surface area contributed by atoms with Crippen molar-refractivity contribution in [3.8, 4) is 5.75 Å². The Bertz CT molecular complexity index is 688. The molecular weight excluding hydrogens is 304 g/mol. The van der Waals surface area contributed by atoms with Crippen LogP contribution in [0.15, 0.2) is 30.3 Å². The number of ether oxygens (including phenoxy) is 1. The Morgan fingerprint density at radius 3 is 2.67 bits per heavy atom. The summed E-state index contributed by atoms with van der Waals surface area (Å²) in [5, 5.41) is 12.9. The summed E-state index contributed by atoms with van der Waals surface area (Å²) in [7, 11) is 0. The topological polar surface area (TPSA) is 79.0 Å². The van der Waals surface area contributed by atoms with E-state index in [1.54, 1.807) is 0 Å². The molecule has 0 radical (unpaired) electrons. The minimum absolute atomic E-state index is 0.0385. The molecule has 3 N–H and O–H groups in total. The molecule has 0 aliphatic heterocycles. The highest BCUT2D eigenvalue weighted by atomic mass is 16.5. The lowest BCUT2D eigenvalue weighted by Gasteiger charge is -2.23. The number of carbonyl (C=O) groups is 1. The standard InChI is InChI=1S/C18H26N4O2/c1-12(10-14-11-13(2)21-22-14)19-17(23)20-15-8-6-7-9-16(15)24-18(3,4)5/h6-9,11-12H,10H2,1-5H3,(H,21,22)(H2,19,20,23)/t12-/m0/s1. The number of para-hydroxylation sites is 2. The van der Waals surface area contributed by atoms with Crippen LogP contribution in [0.3, 0.4) is 0 Å². The minimum atomic E-state index is -0.334. The van der Waals surface area contributed by atoms with Gasteiger partial charge in [-0.25, -0.2) is 4.79 Å². The van der Waals surface area contributed by atoms with Gasteiger partial charge in [-0.05, 0) is 52.8 Å². The maximum atomic E-state index is 12.2. The number of H-pyrrole nitrogens is 1. The molecular formula is C18H26N4O2. The third-order valence-electron chi connectivity index (χ3n) is 3.20. The fraction of sp³-hybridized carbons (Fsp3) is 0.444. The summed E-state index contributed by atoms with van der Waals surface area (Å²) in [5.74, 6) is 0.649. The van der Waals surface area contributed by atoms with E-state index in [1.807, 2.05) is 65.0 Å². The zero-order valence-electron chi connectivity index (χ0n) is 14.9. The normalized spacial score (nSPS) is 12.5. The van der Waals surface area contributed by atoms with Crippen LogP contribution >= 0.6 is 0 Å². The number of aryl methyl sites for hydroxylation is 1. The van der Waals surface area contributed by atoms with Gasteiger partial charge in [-0.3, -0.25) is 5.10 Å². The molecule has 0 aliphatic carbocycles. The maximum absolute atomic E-state index is 12.2. The van der Waals surface area contributed by atoms with E-state index in [4.69, 9.17) is 4.74 Å². The van der Waals surface area contributed by atoms with Gasteiger partial charge in [-0.2, -0.15) is 5.10 Å². The highest BCUT2D eigenvalue weighted by molar-refractivity contribution is 5.91. The molecule has 0 spiro atoms. The molecule has 0 bridgehead atoms. The molecule has 24 heavy (non-hydrogen) atoms. The van der Waals surface area contributed by atoms with E-state index in [1.165, 1.54) is 0 Å². The summed E-state index contributed by atoms with van der Waals surface area (Å²) in [4.78, 5) is 12.2. The summed E-state index contributed by atoms with van der Waals surface area (Å²) >= 11 is 0. The number of amides is 2. The van der Waals surface area contributed by atoms with Crippen molar-refractivity contribution in [1.29, 1.82) is 0 Å². The SMILES string of the molecule is Cc1cc(C[C@H](C)NC(=O)Nc2ccccc2OC(C)(C)C)n[nH]1. The van der Waals surface area contributed by atoms with Gasteiger partial charge in [-0.1, -0.05) is 12.1 Å². The van der Waals surface area contributed by atoms with Gasteiger partial charge in [0.25, 0.3) is 0 Å². The molecule has 2 amide bonds. The number of aromatic nitrogens is 2. The molecule has 1 aromatic carbocycles. The summed E-state index contributed by atoms with van der Waals surface area (Å²) in [6.07, 6.45) is 0.665. The first-order chi connectivity index (χ1) is 11.2. The van der Waals surface area contributed by atoms with Crippen LogP contribution in [-0.4, -0.2) is 27.9 Å². The number of hydrogen-bond donors (Lipinski definition) is 3. The van der Waals surface area contributed by atoms with Gasteiger partial charge in [0.1, 0.15) is 11.4 Å². The van der Waals surface area contributed by atoms with Crippen molar-refractivity contribution in [2.75, 3.05) is 5.32 Å². The van der Waals surface area contributed by atoms with E-state index in [-0.39, 0.29) is 17.7 Å². The Hall–Kier alpha value is -2.50. The largest absolute Gasteiger partial charge is 0.486 e. The summed E-state index contributed by atoms with van der Waals surface area (Å²) in [6, 6.07) is 9.08. The fourth-order valence-electron chi connectivity index (χ4n) is 2.31. The van der Waals surface area contributed by atoms with Crippen LogP contribution in [0, 0.1) is 6.92 Å². The van der Waals surface area contributed by atoms with Gasteiger partial charge in [-0.15, -0.1) is 0 Å². The molecule has 0 aliphatic rings. The van der Waals surface area contributed by atoms with Gasteiger partial charge in [0.05, 0.1) is 11.4 Å². The number of nitrogens with one attached hydrogen (secondary N) is 3. The second-order valence-corrected chi connectivity index (χ2v) is 6.96. The molecule has 1 heterocycles.